The molecule has 2 aromatic carbocycles. The van der Waals surface area contributed by atoms with Gasteiger partial charge >= 0.3 is 0 Å². The third kappa shape index (κ3) is 5.11. The van der Waals surface area contributed by atoms with E-state index in [0.29, 0.717) is 5.75 Å². The lowest BCUT2D eigenvalue weighted by atomic mass is 10.1. The second kappa shape index (κ2) is 8.90. The smallest absolute Gasteiger partial charge is 0.230 e. The molecule has 0 spiro atoms. The van der Waals surface area contributed by atoms with Crippen molar-refractivity contribution in [1.29, 1.82) is 0 Å². The summed E-state index contributed by atoms with van der Waals surface area (Å²) in [5.74, 6) is 0.588. The summed E-state index contributed by atoms with van der Waals surface area (Å²) >= 11 is 1.55. The van der Waals surface area contributed by atoms with E-state index in [1.165, 1.54) is 11.1 Å². The number of piperidine rings is 1. The van der Waals surface area contributed by atoms with Crippen molar-refractivity contribution in [2.24, 2.45) is 0 Å². The molecule has 0 atom stereocenters. The van der Waals surface area contributed by atoms with Crippen molar-refractivity contribution in [2.75, 3.05) is 18.8 Å². The van der Waals surface area contributed by atoms with E-state index in [1.807, 2.05) is 23.1 Å². The Balaban J connectivity index is 1.44. The van der Waals surface area contributed by atoms with Gasteiger partial charge in [0, 0.05) is 31.0 Å². The van der Waals surface area contributed by atoms with Crippen molar-refractivity contribution in [3.8, 4) is 11.1 Å². The van der Waals surface area contributed by atoms with E-state index >= 15 is 0 Å². The number of rotatable bonds is 5. The van der Waals surface area contributed by atoms with Gasteiger partial charge in [-0.25, -0.2) is 0 Å². The van der Waals surface area contributed by atoms with Gasteiger partial charge in [0.1, 0.15) is 0 Å². The first-order valence-corrected chi connectivity index (χ1v) is 9.93. The maximum atomic E-state index is 12.2. The molecule has 0 radical (unpaired) electrons. The van der Waals surface area contributed by atoms with Gasteiger partial charge in [0.2, 0.25) is 11.8 Å². The molecule has 1 N–H and O–H groups in total. The van der Waals surface area contributed by atoms with E-state index in [1.54, 1.807) is 18.7 Å². The summed E-state index contributed by atoms with van der Waals surface area (Å²) in [6.45, 7) is 3.06. The average molecular weight is 369 g/mol. The van der Waals surface area contributed by atoms with E-state index in [2.05, 4.69) is 41.7 Å². The van der Waals surface area contributed by atoms with Gasteiger partial charge in [-0.15, -0.1) is 11.8 Å². The molecule has 1 saturated heterocycles. The van der Waals surface area contributed by atoms with E-state index in [9.17, 15) is 9.59 Å². The topological polar surface area (TPSA) is 49.4 Å². The highest BCUT2D eigenvalue weighted by atomic mass is 32.2. The van der Waals surface area contributed by atoms with Gasteiger partial charge in [-0.3, -0.25) is 9.59 Å². The van der Waals surface area contributed by atoms with Gasteiger partial charge in [0.25, 0.3) is 0 Å². The van der Waals surface area contributed by atoms with Crippen LogP contribution in [0.1, 0.15) is 19.8 Å². The number of carbonyl (C=O) groups is 2. The summed E-state index contributed by atoms with van der Waals surface area (Å²) in [6, 6.07) is 18.7. The zero-order valence-electron chi connectivity index (χ0n) is 15.0. The molecule has 26 heavy (non-hydrogen) atoms. The summed E-state index contributed by atoms with van der Waals surface area (Å²) in [6.07, 6.45) is 1.67. The highest BCUT2D eigenvalue weighted by molar-refractivity contribution is 8.00. The van der Waals surface area contributed by atoms with Gasteiger partial charge in [-0.05, 0) is 36.1 Å². The number of nitrogens with zero attached hydrogens (tertiary/aromatic N) is 1. The SMILES string of the molecule is CC(=O)N1CCC(NC(=O)CSc2ccc(-c3ccccc3)cc2)CC1. The summed E-state index contributed by atoms with van der Waals surface area (Å²) in [5.41, 5.74) is 2.37. The zero-order valence-corrected chi connectivity index (χ0v) is 15.8. The largest absolute Gasteiger partial charge is 0.353 e. The molecule has 2 aromatic rings. The number of likely N-dealkylation sites (tertiary alicyclic amines) is 1. The molecule has 0 aliphatic carbocycles. The first-order chi connectivity index (χ1) is 12.6. The van der Waals surface area contributed by atoms with Crippen molar-refractivity contribution in [2.45, 2.75) is 30.7 Å². The molecule has 3 rings (SSSR count). The Kier molecular flexibility index (Phi) is 6.34. The van der Waals surface area contributed by atoms with Crippen LogP contribution in [-0.4, -0.2) is 41.6 Å². The predicted octanol–water partition coefficient (Wildman–Crippen LogP) is 3.57. The predicted molar refractivity (Wildman–Crippen MR) is 106 cm³/mol. The Morgan fingerprint density at radius 2 is 1.62 bits per heavy atom. The zero-order chi connectivity index (χ0) is 18.4. The lowest BCUT2D eigenvalue weighted by molar-refractivity contribution is -0.130. The van der Waals surface area contributed by atoms with Crippen LogP contribution in [0, 0.1) is 0 Å². The second-order valence-electron chi connectivity index (χ2n) is 6.53. The molecule has 136 valence electrons. The first-order valence-electron chi connectivity index (χ1n) is 8.95. The molecule has 0 aromatic heterocycles. The Morgan fingerprint density at radius 3 is 2.23 bits per heavy atom. The van der Waals surface area contributed by atoms with Gasteiger partial charge in [-0.1, -0.05) is 42.5 Å². The number of hydrogen-bond acceptors (Lipinski definition) is 3. The van der Waals surface area contributed by atoms with E-state index < -0.39 is 0 Å². The minimum atomic E-state index is 0.0587. The number of amides is 2. The lowest BCUT2D eigenvalue weighted by Crippen LogP contribution is -2.46. The molecule has 5 heteroatoms. The summed E-state index contributed by atoms with van der Waals surface area (Å²) < 4.78 is 0. The Hall–Kier alpha value is -2.27. The molecule has 1 aliphatic heterocycles. The maximum Gasteiger partial charge on any atom is 0.230 e. The summed E-state index contributed by atoms with van der Waals surface area (Å²) in [5, 5.41) is 3.09. The second-order valence-corrected chi connectivity index (χ2v) is 7.58. The third-order valence-electron chi connectivity index (χ3n) is 4.64. The highest BCUT2D eigenvalue weighted by Crippen LogP contribution is 2.24. The fourth-order valence-corrected chi connectivity index (χ4v) is 3.84. The van der Waals surface area contributed by atoms with Crippen LogP contribution < -0.4 is 5.32 Å². The Morgan fingerprint density at radius 1 is 1.00 bits per heavy atom. The Bertz CT molecular complexity index is 738. The van der Waals surface area contributed by atoms with Crippen LogP contribution in [-0.2, 0) is 9.59 Å². The molecule has 0 unspecified atom stereocenters. The molecule has 0 saturated carbocycles. The fourth-order valence-electron chi connectivity index (χ4n) is 3.13. The molecule has 4 nitrogen and oxygen atoms in total. The average Bonchev–Trinajstić information content (AvgIpc) is 2.68. The summed E-state index contributed by atoms with van der Waals surface area (Å²) in [4.78, 5) is 26.4. The van der Waals surface area contributed by atoms with Gasteiger partial charge in [-0.2, -0.15) is 0 Å². The van der Waals surface area contributed by atoms with Crippen LogP contribution in [0.4, 0.5) is 0 Å². The highest BCUT2D eigenvalue weighted by Gasteiger charge is 2.21. The van der Waals surface area contributed by atoms with Crippen molar-refractivity contribution in [3.05, 3.63) is 54.6 Å². The molecule has 1 fully saturated rings. The van der Waals surface area contributed by atoms with Gasteiger partial charge in [0.05, 0.1) is 5.75 Å². The van der Waals surface area contributed by atoms with Crippen molar-refractivity contribution in [1.82, 2.24) is 10.2 Å². The monoisotopic (exact) mass is 368 g/mol. The van der Waals surface area contributed by atoms with Crippen LogP contribution in [0.15, 0.2) is 59.5 Å². The third-order valence-corrected chi connectivity index (χ3v) is 5.65. The van der Waals surface area contributed by atoms with Crippen LogP contribution in [0.5, 0.6) is 0 Å². The van der Waals surface area contributed by atoms with Crippen LogP contribution in [0.25, 0.3) is 11.1 Å². The van der Waals surface area contributed by atoms with E-state index in [4.69, 9.17) is 0 Å². The minimum Gasteiger partial charge on any atom is -0.353 e. The lowest BCUT2D eigenvalue weighted by Gasteiger charge is -2.31. The normalized spacial score (nSPS) is 14.9. The van der Waals surface area contributed by atoms with Crippen molar-refractivity contribution in [3.63, 3.8) is 0 Å². The Labute approximate surface area is 159 Å². The van der Waals surface area contributed by atoms with Gasteiger partial charge < -0.3 is 10.2 Å². The molecule has 1 aliphatic rings. The van der Waals surface area contributed by atoms with E-state index in [0.717, 1.165) is 30.8 Å². The summed E-state index contributed by atoms with van der Waals surface area (Å²) in [7, 11) is 0. The molecule has 2 amide bonds. The standard InChI is InChI=1S/C21H24N2O2S/c1-16(24)23-13-11-19(12-14-23)22-21(25)15-26-20-9-7-18(8-10-20)17-5-3-2-4-6-17/h2-10,19H,11-15H2,1H3,(H,22,25). The maximum absolute atomic E-state index is 12.2. The van der Waals surface area contributed by atoms with Crippen LogP contribution in [0.2, 0.25) is 0 Å². The number of carbonyl (C=O) groups excluding carboxylic acids is 2. The first kappa shape index (κ1) is 18.5. The quantitative estimate of drug-likeness (QED) is 0.821. The van der Waals surface area contributed by atoms with Crippen molar-refractivity contribution >= 4 is 23.6 Å². The molecule has 1 heterocycles. The number of hydrogen-bond donors (Lipinski definition) is 1. The molecule has 0 bridgehead atoms. The fraction of sp³-hybridized carbons (Fsp3) is 0.333. The molecular weight excluding hydrogens is 344 g/mol. The van der Waals surface area contributed by atoms with Crippen molar-refractivity contribution < 1.29 is 9.59 Å². The molecular formula is C21H24N2O2S. The minimum absolute atomic E-state index is 0.0587. The number of thioether (sulfide) groups is 1. The number of benzene rings is 2. The van der Waals surface area contributed by atoms with E-state index in [-0.39, 0.29) is 17.9 Å². The van der Waals surface area contributed by atoms with Crippen LogP contribution in [0.3, 0.4) is 0 Å². The van der Waals surface area contributed by atoms with Crippen LogP contribution >= 0.6 is 11.8 Å². The van der Waals surface area contributed by atoms with Gasteiger partial charge in [0.15, 0.2) is 0 Å². The number of nitrogens with one attached hydrogen (secondary N) is 1.